The molecule has 2 fully saturated rings. The van der Waals surface area contributed by atoms with Gasteiger partial charge in [0, 0.05) is 26.7 Å². The number of likely N-dealkylation sites (tertiary alicyclic amines) is 1. The van der Waals surface area contributed by atoms with Gasteiger partial charge in [0.2, 0.25) is 5.91 Å². The Kier molecular flexibility index (Phi) is 5.11. The van der Waals surface area contributed by atoms with E-state index in [-0.39, 0.29) is 11.9 Å². The number of benzene rings is 1. The molecule has 2 unspecified atom stereocenters. The van der Waals surface area contributed by atoms with Gasteiger partial charge in [-0.2, -0.15) is 0 Å². The summed E-state index contributed by atoms with van der Waals surface area (Å²) in [5.41, 5.74) is 1.38. The highest BCUT2D eigenvalue weighted by Crippen LogP contribution is 2.20. The fourth-order valence-electron chi connectivity index (χ4n) is 3.69. The summed E-state index contributed by atoms with van der Waals surface area (Å²) in [7, 11) is 1.96. The van der Waals surface area contributed by atoms with E-state index in [1.165, 1.54) is 12.0 Å². The van der Waals surface area contributed by atoms with Gasteiger partial charge in [-0.1, -0.05) is 30.3 Å². The molecular weight excluding hydrogens is 274 g/mol. The van der Waals surface area contributed by atoms with E-state index in [1.807, 2.05) is 11.9 Å². The predicted octanol–water partition coefficient (Wildman–Crippen LogP) is 1.72. The molecule has 0 saturated carbocycles. The maximum absolute atomic E-state index is 12.4. The molecule has 4 heteroatoms. The summed E-state index contributed by atoms with van der Waals surface area (Å²) in [4.78, 5) is 16.8. The highest BCUT2D eigenvalue weighted by molar-refractivity contribution is 5.81. The monoisotopic (exact) mass is 301 g/mol. The topological polar surface area (TPSA) is 35.6 Å². The average Bonchev–Trinajstić information content (AvgIpc) is 3.19. The molecule has 4 nitrogen and oxygen atoms in total. The molecule has 1 aromatic carbocycles. The Hall–Kier alpha value is -1.39. The molecule has 2 aliphatic heterocycles. The van der Waals surface area contributed by atoms with Crippen molar-refractivity contribution in [3.63, 3.8) is 0 Å². The molecule has 2 atom stereocenters. The van der Waals surface area contributed by atoms with Gasteiger partial charge in [0.1, 0.15) is 0 Å². The Morgan fingerprint density at radius 3 is 2.86 bits per heavy atom. The summed E-state index contributed by atoms with van der Waals surface area (Å²) >= 11 is 0. The Morgan fingerprint density at radius 1 is 1.32 bits per heavy atom. The third-order valence-electron chi connectivity index (χ3n) is 4.89. The second-order valence-electron chi connectivity index (χ2n) is 6.74. The molecule has 1 amide bonds. The number of nitrogens with one attached hydrogen (secondary N) is 1. The van der Waals surface area contributed by atoms with Crippen molar-refractivity contribution in [2.24, 2.45) is 5.92 Å². The van der Waals surface area contributed by atoms with Crippen LogP contribution in [0.25, 0.3) is 0 Å². The summed E-state index contributed by atoms with van der Waals surface area (Å²) in [6.45, 7) is 5.15. The van der Waals surface area contributed by atoms with Gasteiger partial charge in [0.15, 0.2) is 0 Å². The molecule has 1 aromatic rings. The van der Waals surface area contributed by atoms with Crippen molar-refractivity contribution in [3.05, 3.63) is 35.9 Å². The Labute approximate surface area is 133 Å². The van der Waals surface area contributed by atoms with Gasteiger partial charge in [-0.15, -0.1) is 0 Å². The van der Waals surface area contributed by atoms with E-state index in [0.717, 1.165) is 45.6 Å². The lowest BCUT2D eigenvalue weighted by molar-refractivity contribution is -0.132. The van der Waals surface area contributed by atoms with Crippen molar-refractivity contribution < 1.29 is 4.79 Å². The lowest BCUT2D eigenvalue weighted by Gasteiger charge is -2.24. The minimum atomic E-state index is 0.0619. The highest BCUT2D eigenvalue weighted by atomic mass is 16.2. The molecule has 120 valence electrons. The van der Waals surface area contributed by atoms with Crippen LogP contribution in [-0.2, 0) is 11.3 Å². The molecule has 0 aromatic heterocycles. The number of hydrogen-bond donors (Lipinski definition) is 1. The first kappa shape index (κ1) is 15.5. The van der Waals surface area contributed by atoms with Gasteiger partial charge >= 0.3 is 0 Å². The largest absolute Gasteiger partial charge is 0.344 e. The molecule has 1 N–H and O–H groups in total. The zero-order valence-electron chi connectivity index (χ0n) is 13.5. The van der Waals surface area contributed by atoms with Crippen LogP contribution in [0.3, 0.4) is 0 Å². The van der Waals surface area contributed by atoms with Gasteiger partial charge in [0.25, 0.3) is 0 Å². The number of amides is 1. The summed E-state index contributed by atoms with van der Waals surface area (Å²) in [6.07, 6.45) is 3.31. The number of carbonyl (C=O) groups is 1. The third-order valence-corrected chi connectivity index (χ3v) is 4.89. The van der Waals surface area contributed by atoms with Crippen LogP contribution in [0.1, 0.15) is 24.8 Å². The van der Waals surface area contributed by atoms with Crippen LogP contribution in [0.4, 0.5) is 0 Å². The van der Waals surface area contributed by atoms with Crippen LogP contribution in [0.2, 0.25) is 0 Å². The van der Waals surface area contributed by atoms with Gasteiger partial charge in [-0.05, 0) is 43.8 Å². The summed E-state index contributed by atoms with van der Waals surface area (Å²) in [6, 6.07) is 10.7. The SMILES string of the molecule is CN(CC1CCN(Cc2ccccc2)C1)C(=O)C1CCCN1. The Bertz CT molecular complexity index is 484. The maximum Gasteiger partial charge on any atom is 0.239 e. The molecule has 3 rings (SSSR count). The van der Waals surface area contributed by atoms with E-state index in [0.29, 0.717) is 5.92 Å². The predicted molar refractivity (Wildman–Crippen MR) is 88.5 cm³/mol. The number of nitrogens with zero attached hydrogens (tertiary/aromatic N) is 2. The zero-order chi connectivity index (χ0) is 15.4. The van der Waals surface area contributed by atoms with Crippen molar-refractivity contribution >= 4 is 5.91 Å². The summed E-state index contributed by atoms with van der Waals surface area (Å²) in [5, 5.41) is 3.30. The van der Waals surface area contributed by atoms with Gasteiger partial charge in [-0.25, -0.2) is 0 Å². The van der Waals surface area contributed by atoms with Crippen LogP contribution < -0.4 is 5.32 Å². The van der Waals surface area contributed by atoms with Crippen LogP contribution in [-0.4, -0.2) is 55.0 Å². The Balaban J connectivity index is 1.45. The first-order valence-corrected chi connectivity index (χ1v) is 8.47. The van der Waals surface area contributed by atoms with Gasteiger partial charge in [-0.3, -0.25) is 9.69 Å². The first-order chi connectivity index (χ1) is 10.7. The van der Waals surface area contributed by atoms with Gasteiger partial charge in [0.05, 0.1) is 6.04 Å². The average molecular weight is 301 g/mol. The number of carbonyl (C=O) groups excluding carboxylic acids is 1. The van der Waals surface area contributed by atoms with Crippen LogP contribution in [0.15, 0.2) is 30.3 Å². The van der Waals surface area contributed by atoms with E-state index in [9.17, 15) is 4.79 Å². The van der Waals surface area contributed by atoms with Gasteiger partial charge < -0.3 is 10.2 Å². The number of hydrogen-bond acceptors (Lipinski definition) is 3. The summed E-state index contributed by atoms with van der Waals surface area (Å²) < 4.78 is 0. The fourth-order valence-corrected chi connectivity index (χ4v) is 3.69. The normalized spacial score (nSPS) is 25.5. The second-order valence-corrected chi connectivity index (χ2v) is 6.74. The van der Waals surface area contributed by atoms with Crippen molar-refractivity contribution in [3.8, 4) is 0 Å². The first-order valence-electron chi connectivity index (χ1n) is 8.47. The third kappa shape index (κ3) is 3.87. The number of rotatable bonds is 5. The van der Waals surface area contributed by atoms with E-state index < -0.39 is 0 Å². The zero-order valence-corrected chi connectivity index (χ0v) is 13.5. The summed E-state index contributed by atoms with van der Waals surface area (Å²) in [5.74, 6) is 0.887. The van der Waals surface area contributed by atoms with E-state index >= 15 is 0 Å². The minimum absolute atomic E-state index is 0.0619. The molecule has 0 bridgehead atoms. The highest BCUT2D eigenvalue weighted by Gasteiger charge is 2.29. The molecule has 2 heterocycles. The van der Waals surface area contributed by atoms with Crippen molar-refractivity contribution in [1.29, 1.82) is 0 Å². The quantitative estimate of drug-likeness (QED) is 0.899. The molecule has 2 aliphatic rings. The lowest BCUT2D eigenvalue weighted by Crippen LogP contribution is -2.43. The smallest absolute Gasteiger partial charge is 0.239 e. The fraction of sp³-hybridized carbons (Fsp3) is 0.611. The lowest BCUT2D eigenvalue weighted by atomic mass is 10.1. The second kappa shape index (κ2) is 7.25. The molecule has 0 spiro atoms. The Morgan fingerprint density at radius 2 is 2.14 bits per heavy atom. The number of likely N-dealkylation sites (N-methyl/N-ethyl adjacent to an activating group) is 1. The van der Waals surface area contributed by atoms with Crippen LogP contribution >= 0.6 is 0 Å². The van der Waals surface area contributed by atoms with E-state index in [4.69, 9.17) is 0 Å². The maximum atomic E-state index is 12.4. The van der Waals surface area contributed by atoms with Crippen LogP contribution in [0, 0.1) is 5.92 Å². The minimum Gasteiger partial charge on any atom is -0.344 e. The molecular formula is C18H27N3O. The molecule has 0 radical (unpaired) electrons. The van der Waals surface area contributed by atoms with E-state index in [1.54, 1.807) is 0 Å². The van der Waals surface area contributed by atoms with Crippen molar-refractivity contribution in [1.82, 2.24) is 15.1 Å². The van der Waals surface area contributed by atoms with Crippen LogP contribution in [0.5, 0.6) is 0 Å². The standard InChI is InChI=1S/C18H27N3O/c1-20(18(22)17-8-5-10-19-17)12-16-9-11-21(14-16)13-15-6-3-2-4-7-15/h2-4,6-7,16-17,19H,5,8-14H2,1H3. The molecule has 2 saturated heterocycles. The molecule has 22 heavy (non-hydrogen) atoms. The van der Waals surface area contributed by atoms with Crippen molar-refractivity contribution in [2.75, 3.05) is 33.2 Å². The van der Waals surface area contributed by atoms with E-state index in [2.05, 4.69) is 40.5 Å². The molecule has 0 aliphatic carbocycles. The van der Waals surface area contributed by atoms with Crippen molar-refractivity contribution in [2.45, 2.75) is 31.8 Å².